The van der Waals surface area contributed by atoms with E-state index in [1.807, 2.05) is 53.1 Å². The molecule has 5 heteroatoms. The third kappa shape index (κ3) is 7.45. The third-order valence-corrected chi connectivity index (χ3v) is 12.1. The maximum Gasteiger partial charge on any atom is 0.269 e. The molecule has 0 aliphatic heterocycles. The van der Waals surface area contributed by atoms with Gasteiger partial charge in [-0.1, -0.05) is 171 Å². The number of nitrogens with zero attached hydrogens (tertiary/aromatic N) is 4. The Morgan fingerprint density at radius 2 is 1.30 bits per heavy atom. The maximum atomic E-state index is 9.38. The molecule has 0 N–H and O–H groups in total. The Bertz CT molecular complexity index is 3680. The molecule has 0 aliphatic carbocycles. The summed E-state index contributed by atoms with van der Waals surface area (Å²) in [5.74, 6) is 1.07. The lowest BCUT2D eigenvalue weighted by Gasteiger charge is -2.27. The molecule has 7 aromatic carbocycles. The van der Waals surface area contributed by atoms with Gasteiger partial charge in [-0.05, 0) is 104 Å². The summed E-state index contributed by atoms with van der Waals surface area (Å²) in [5, 5.41) is 0.374. The van der Waals surface area contributed by atoms with E-state index in [0.717, 1.165) is 50.2 Å². The summed E-state index contributed by atoms with van der Waals surface area (Å²) in [7, 11) is 0. The molecule has 0 saturated heterocycles. The van der Waals surface area contributed by atoms with E-state index in [-0.39, 0.29) is 63.0 Å². The van der Waals surface area contributed by atoms with E-state index in [0.29, 0.717) is 17.1 Å². The minimum Gasteiger partial charge on any atom is -0.458 e. The number of hydrogen-bond acceptors (Lipinski definition) is 2. The largest absolute Gasteiger partial charge is 0.458 e. The van der Waals surface area contributed by atoms with Crippen molar-refractivity contribution in [1.82, 2.24) is 14.1 Å². The van der Waals surface area contributed by atoms with Crippen LogP contribution in [-0.4, -0.2) is 14.1 Å². The zero-order valence-corrected chi connectivity index (χ0v) is 37.6. The molecule has 0 unspecified atom stereocenters. The molecule has 0 atom stereocenters. The lowest BCUT2D eigenvalue weighted by Crippen LogP contribution is -2.31. The summed E-state index contributed by atoms with van der Waals surface area (Å²) in [6.45, 7) is 17.7. The average molecular weight is 841 g/mol. The van der Waals surface area contributed by atoms with Crippen LogP contribution in [0.15, 0.2) is 176 Å². The van der Waals surface area contributed by atoms with E-state index in [4.69, 9.17) is 10.2 Å². The van der Waals surface area contributed by atoms with Crippen LogP contribution in [0.5, 0.6) is 11.5 Å². The van der Waals surface area contributed by atoms with Crippen molar-refractivity contribution in [3.8, 4) is 50.9 Å². The SMILES string of the molecule is [2H]c1c(Oc2cccc(-n3[c-][n+](-c4c(-c5ccccc5)cccc4-c4cc(C(C)(C)C)cc(C(C)(C)C)c4)c4ccccc43)c2)cc2c(c1[2H])c1c([2H])c([2H])c([2H])c([2H])c1n2-c1cc(C(C)C)ccn1. The van der Waals surface area contributed by atoms with E-state index in [1.165, 1.54) is 11.1 Å². The van der Waals surface area contributed by atoms with Gasteiger partial charge in [0.05, 0.1) is 41.7 Å². The fourth-order valence-corrected chi connectivity index (χ4v) is 8.52. The number of benzene rings is 7. The van der Waals surface area contributed by atoms with Gasteiger partial charge >= 0.3 is 0 Å². The van der Waals surface area contributed by atoms with Gasteiger partial charge in [-0.3, -0.25) is 13.7 Å². The summed E-state index contributed by atoms with van der Waals surface area (Å²) in [4.78, 5) is 4.67. The molecule has 0 spiro atoms. The van der Waals surface area contributed by atoms with E-state index in [2.05, 4.69) is 144 Å². The van der Waals surface area contributed by atoms with Gasteiger partial charge in [0.2, 0.25) is 0 Å². The first kappa shape index (κ1) is 34.3. The molecular formula is C59H54N4O. The van der Waals surface area contributed by atoms with Crippen LogP contribution in [-0.2, 0) is 10.8 Å². The lowest BCUT2D eigenvalue weighted by molar-refractivity contribution is -0.571. The zero-order chi connectivity index (χ0) is 49.6. The van der Waals surface area contributed by atoms with Crippen LogP contribution in [0.3, 0.4) is 0 Å². The summed E-state index contributed by atoms with van der Waals surface area (Å²) >= 11 is 0. The molecule has 0 aliphatic rings. The van der Waals surface area contributed by atoms with Crippen LogP contribution < -0.4 is 9.30 Å². The van der Waals surface area contributed by atoms with Crippen LogP contribution in [0.2, 0.25) is 0 Å². The lowest BCUT2D eigenvalue weighted by atomic mass is 9.78. The number of ether oxygens (including phenoxy) is 1. The first-order valence-corrected chi connectivity index (χ1v) is 21.9. The predicted molar refractivity (Wildman–Crippen MR) is 265 cm³/mol. The minimum atomic E-state index is -0.414. The van der Waals surface area contributed by atoms with Gasteiger partial charge in [-0.15, -0.1) is 0 Å². The molecule has 10 rings (SSSR count). The van der Waals surface area contributed by atoms with Crippen LogP contribution in [0, 0.1) is 6.33 Å². The van der Waals surface area contributed by atoms with Gasteiger partial charge in [0.1, 0.15) is 17.3 Å². The fraction of sp³-hybridized carbons (Fsp3) is 0.186. The van der Waals surface area contributed by atoms with Crippen molar-refractivity contribution in [2.45, 2.75) is 72.1 Å². The Kier molecular flexibility index (Phi) is 8.48. The third-order valence-electron chi connectivity index (χ3n) is 12.1. The van der Waals surface area contributed by atoms with E-state index in [9.17, 15) is 2.74 Å². The molecule has 5 nitrogen and oxygen atoms in total. The maximum absolute atomic E-state index is 9.38. The molecule has 0 fully saturated rings. The van der Waals surface area contributed by atoms with Crippen molar-refractivity contribution in [2.24, 2.45) is 0 Å². The van der Waals surface area contributed by atoms with Crippen LogP contribution in [0.1, 0.15) is 86.2 Å². The number of aromatic nitrogens is 4. The molecule has 0 bridgehead atoms. The molecule has 0 radical (unpaired) electrons. The van der Waals surface area contributed by atoms with E-state index < -0.39 is 12.1 Å². The molecule has 3 aromatic heterocycles. The van der Waals surface area contributed by atoms with Gasteiger partial charge in [0.15, 0.2) is 0 Å². The molecule has 0 amide bonds. The molecule has 64 heavy (non-hydrogen) atoms. The second-order valence-corrected chi connectivity index (χ2v) is 18.9. The summed E-state index contributed by atoms with van der Waals surface area (Å²) < 4.78 is 66.3. The van der Waals surface area contributed by atoms with Gasteiger partial charge in [0, 0.05) is 23.0 Å². The summed E-state index contributed by atoms with van der Waals surface area (Å²) in [6, 6.07) is 43.5. The number of para-hydroxylation sites is 4. The normalized spacial score (nSPS) is 13.5. The Labute approximate surface area is 385 Å². The Hall–Kier alpha value is -7.24. The Morgan fingerprint density at radius 1 is 0.609 bits per heavy atom. The number of rotatable bonds is 8. The zero-order valence-electron chi connectivity index (χ0n) is 43.6. The van der Waals surface area contributed by atoms with Gasteiger partial charge < -0.3 is 4.74 Å². The number of fused-ring (bicyclic) bond motifs is 4. The van der Waals surface area contributed by atoms with Crippen molar-refractivity contribution in [2.75, 3.05) is 0 Å². The highest BCUT2D eigenvalue weighted by atomic mass is 16.5. The number of imidazole rings is 1. The highest BCUT2D eigenvalue weighted by Crippen LogP contribution is 2.40. The average Bonchev–Trinajstić information content (AvgIpc) is 3.90. The Balaban J connectivity index is 1.15. The second-order valence-electron chi connectivity index (χ2n) is 18.9. The summed E-state index contributed by atoms with van der Waals surface area (Å²) in [6.07, 6.45) is 5.45. The van der Waals surface area contributed by atoms with Gasteiger partial charge in [-0.25, -0.2) is 4.98 Å². The standard InChI is InChI=1S/C59H54N4O/c1-39(2)41-30-31-60-56(34-41)63-52-25-13-12-22-50(52)51-29-28-47(37-55(51)63)64-46-21-16-20-45(36-46)61-38-62(54-27-15-14-26-53(54)61)57-48(40-18-10-9-11-19-40)23-17-24-49(57)42-32-43(58(3,4)5)35-44(33-42)59(6,7)8/h9-37,39H,1-8H3/i12D,13D,22D,25D,28D,29D. The van der Waals surface area contributed by atoms with Gasteiger partial charge in [0.25, 0.3) is 6.33 Å². The molecule has 0 saturated carbocycles. The van der Waals surface area contributed by atoms with Crippen molar-refractivity contribution >= 4 is 32.8 Å². The first-order valence-electron chi connectivity index (χ1n) is 24.9. The van der Waals surface area contributed by atoms with Crippen molar-refractivity contribution in [1.29, 1.82) is 0 Å². The van der Waals surface area contributed by atoms with Crippen molar-refractivity contribution in [3.05, 3.63) is 199 Å². The van der Waals surface area contributed by atoms with E-state index >= 15 is 0 Å². The highest BCUT2D eigenvalue weighted by molar-refractivity contribution is 6.09. The highest BCUT2D eigenvalue weighted by Gasteiger charge is 2.25. The second kappa shape index (κ2) is 15.8. The molecule has 316 valence electrons. The molecule has 10 aromatic rings. The van der Waals surface area contributed by atoms with Gasteiger partial charge in [-0.2, -0.15) is 0 Å². The van der Waals surface area contributed by atoms with Crippen LogP contribution >= 0.6 is 0 Å². The quantitative estimate of drug-likeness (QED) is 0.113. The number of hydrogen-bond donors (Lipinski definition) is 0. The Morgan fingerprint density at radius 3 is 2.05 bits per heavy atom. The first-order chi connectivity index (χ1) is 33.3. The monoisotopic (exact) mass is 840 g/mol. The minimum absolute atomic E-state index is 0.0823. The molecule has 3 heterocycles. The predicted octanol–water partition coefficient (Wildman–Crippen LogP) is 15.0. The van der Waals surface area contributed by atoms with Crippen LogP contribution in [0.25, 0.3) is 72.3 Å². The van der Waals surface area contributed by atoms with E-state index in [1.54, 1.807) is 22.9 Å². The van der Waals surface area contributed by atoms with Crippen molar-refractivity contribution < 1.29 is 17.5 Å². The van der Waals surface area contributed by atoms with Crippen molar-refractivity contribution in [3.63, 3.8) is 0 Å². The molecular weight excluding hydrogens is 781 g/mol. The fourth-order valence-electron chi connectivity index (χ4n) is 8.52. The van der Waals surface area contributed by atoms with Crippen LogP contribution in [0.4, 0.5) is 0 Å². The number of pyridine rings is 1. The topological polar surface area (TPSA) is 35.9 Å². The smallest absolute Gasteiger partial charge is 0.269 e. The summed E-state index contributed by atoms with van der Waals surface area (Å²) in [5.41, 5.74) is 11.8.